The van der Waals surface area contributed by atoms with E-state index < -0.39 is 5.82 Å². The minimum Gasteiger partial charge on any atom is -0.294 e. The van der Waals surface area contributed by atoms with Crippen molar-refractivity contribution in [1.29, 1.82) is 0 Å². The lowest BCUT2D eigenvalue weighted by atomic mass is 10.0. The lowest BCUT2D eigenvalue weighted by Gasteiger charge is -2.06. The molecular weight excluding hydrogens is 354 g/mol. The van der Waals surface area contributed by atoms with E-state index in [0.717, 1.165) is 4.47 Å². The fourth-order valence-electron chi connectivity index (χ4n) is 1.66. The third-order valence-corrected chi connectivity index (χ3v) is 3.76. The van der Waals surface area contributed by atoms with Crippen LogP contribution in [0.15, 0.2) is 40.9 Å². The Bertz CT molecular complexity index is 643. The number of carbonyl (C=O) groups is 1. The van der Waals surface area contributed by atoms with Crippen molar-refractivity contribution in [3.05, 3.63) is 67.9 Å². The third-order valence-electron chi connectivity index (χ3n) is 2.59. The van der Waals surface area contributed by atoms with Gasteiger partial charge in [0, 0.05) is 21.5 Å². The summed E-state index contributed by atoms with van der Waals surface area (Å²) >= 11 is 15.2. The summed E-state index contributed by atoms with van der Waals surface area (Å²) < 4.78 is 13.9. The molecule has 98 valence electrons. The van der Waals surface area contributed by atoms with Gasteiger partial charge in [0.05, 0.1) is 5.02 Å². The highest BCUT2D eigenvalue weighted by atomic mass is 79.9. The Labute approximate surface area is 128 Å². The van der Waals surface area contributed by atoms with Gasteiger partial charge in [0.1, 0.15) is 5.82 Å². The Morgan fingerprint density at radius 2 is 1.84 bits per heavy atom. The fraction of sp³-hybridized carbons (Fsp3) is 0.0714. The predicted octanol–water partition coefficient (Wildman–Crippen LogP) is 5.32. The lowest BCUT2D eigenvalue weighted by molar-refractivity contribution is 0.0993. The van der Waals surface area contributed by atoms with Crippen LogP contribution in [0.4, 0.5) is 4.39 Å². The van der Waals surface area contributed by atoms with Gasteiger partial charge in [-0.1, -0.05) is 39.1 Å². The number of hydrogen-bond donors (Lipinski definition) is 0. The maximum atomic E-state index is 13.1. The SMILES string of the molecule is O=C(Cc1cc(F)ccc1Cl)c1ccc(Br)cc1Cl. The van der Waals surface area contributed by atoms with Crippen molar-refractivity contribution in [1.82, 2.24) is 0 Å². The zero-order valence-corrected chi connectivity index (χ0v) is 12.7. The second-order valence-electron chi connectivity index (χ2n) is 3.96. The molecule has 0 N–H and O–H groups in total. The van der Waals surface area contributed by atoms with Gasteiger partial charge >= 0.3 is 0 Å². The normalized spacial score (nSPS) is 10.5. The first-order valence-corrected chi connectivity index (χ1v) is 6.94. The van der Waals surface area contributed by atoms with E-state index in [1.165, 1.54) is 18.2 Å². The van der Waals surface area contributed by atoms with Crippen LogP contribution in [0.3, 0.4) is 0 Å². The van der Waals surface area contributed by atoms with Crippen molar-refractivity contribution < 1.29 is 9.18 Å². The molecule has 5 heteroatoms. The summed E-state index contributed by atoms with van der Waals surface area (Å²) in [5, 5.41) is 0.717. The first-order valence-electron chi connectivity index (χ1n) is 5.39. The van der Waals surface area contributed by atoms with E-state index in [0.29, 0.717) is 21.2 Å². The second kappa shape index (κ2) is 6.04. The molecule has 2 aromatic rings. The molecule has 0 atom stereocenters. The zero-order chi connectivity index (χ0) is 14.0. The van der Waals surface area contributed by atoms with Gasteiger partial charge in [0.2, 0.25) is 0 Å². The molecule has 19 heavy (non-hydrogen) atoms. The summed E-state index contributed by atoms with van der Waals surface area (Å²) in [6.07, 6.45) is 0.0119. The number of hydrogen-bond acceptors (Lipinski definition) is 1. The smallest absolute Gasteiger partial charge is 0.168 e. The molecular formula is C14H8BrCl2FO. The van der Waals surface area contributed by atoms with Gasteiger partial charge in [0.25, 0.3) is 0 Å². The van der Waals surface area contributed by atoms with Crippen LogP contribution in [0.25, 0.3) is 0 Å². The van der Waals surface area contributed by atoms with E-state index in [4.69, 9.17) is 23.2 Å². The summed E-state index contributed by atoms with van der Waals surface area (Å²) in [4.78, 5) is 12.1. The standard InChI is InChI=1S/C14H8BrCl2FO/c15-9-1-3-11(13(17)7-9)14(19)6-8-5-10(18)2-4-12(8)16/h1-5,7H,6H2. The molecule has 0 aliphatic rings. The topological polar surface area (TPSA) is 17.1 Å². The van der Waals surface area contributed by atoms with Gasteiger partial charge in [-0.05, 0) is 42.0 Å². The third kappa shape index (κ3) is 3.56. The fourth-order valence-corrected chi connectivity index (χ4v) is 2.63. The van der Waals surface area contributed by atoms with Gasteiger partial charge in [-0.2, -0.15) is 0 Å². The summed E-state index contributed by atoms with van der Waals surface area (Å²) in [5.41, 5.74) is 0.843. The van der Waals surface area contributed by atoms with Crippen LogP contribution >= 0.6 is 39.1 Å². The highest BCUT2D eigenvalue weighted by Crippen LogP contribution is 2.24. The van der Waals surface area contributed by atoms with Crippen molar-refractivity contribution in [3.8, 4) is 0 Å². The Kier molecular flexibility index (Phi) is 4.61. The number of ketones is 1. The molecule has 0 radical (unpaired) electrons. The molecule has 1 nitrogen and oxygen atoms in total. The quantitative estimate of drug-likeness (QED) is 0.676. The molecule has 0 unspecified atom stereocenters. The van der Waals surface area contributed by atoms with Crippen LogP contribution in [0, 0.1) is 5.82 Å². The molecule has 0 aromatic heterocycles. The molecule has 0 aliphatic heterocycles. The van der Waals surface area contributed by atoms with Gasteiger partial charge in [-0.3, -0.25) is 4.79 Å². The van der Waals surface area contributed by atoms with Crippen LogP contribution in [0.1, 0.15) is 15.9 Å². The van der Waals surface area contributed by atoms with Gasteiger partial charge < -0.3 is 0 Å². The number of benzene rings is 2. The molecule has 0 bridgehead atoms. The molecule has 0 spiro atoms. The molecule has 2 aromatic carbocycles. The predicted molar refractivity (Wildman–Crippen MR) is 78.6 cm³/mol. The summed E-state index contributed by atoms with van der Waals surface area (Å²) in [6, 6.07) is 8.94. The summed E-state index contributed by atoms with van der Waals surface area (Å²) in [7, 11) is 0. The van der Waals surface area contributed by atoms with Crippen molar-refractivity contribution >= 4 is 44.9 Å². The number of carbonyl (C=O) groups excluding carboxylic acids is 1. The van der Waals surface area contributed by atoms with Crippen LogP contribution < -0.4 is 0 Å². The average Bonchev–Trinajstić information content (AvgIpc) is 2.33. The van der Waals surface area contributed by atoms with E-state index in [1.54, 1.807) is 18.2 Å². The molecule has 0 heterocycles. The van der Waals surface area contributed by atoms with Gasteiger partial charge in [0.15, 0.2) is 5.78 Å². The first kappa shape index (κ1) is 14.5. The molecule has 0 saturated carbocycles. The second-order valence-corrected chi connectivity index (χ2v) is 5.69. The van der Waals surface area contributed by atoms with Gasteiger partial charge in [-0.25, -0.2) is 4.39 Å². The Hall–Kier alpha value is -0.900. The first-order chi connectivity index (χ1) is 8.97. The monoisotopic (exact) mass is 360 g/mol. The molecule has 0 amide bonds. The lowest BCUT2D eigenvalue weighted by Crippen LogP contribution is -2.05. The average molecular weight is 362 g/mol. The van der Waals surface area contributed by atoms with Crippen LogP contribution in [0.2, 0.25) is 10.0 Å². The van der Waals surface area contributed by atoms with Crippen molar-refractivity contribution in [2.75, 3.05) is 0 Å². The van der Waals surface area contributed by atoms with E-state index in [9.17, 15) is 9.18 Å². The van der Waals surface area contributed by atoms with Crippen LogP contribution in [-0.4, -0.2) is 5.78 Å². The zero-order valence-electron chi connectivity index (χ0n) is 9.59. The van der Waals surface area contributed by atoms with E-state index >= 15 is 0 Å². The summed E-state index contributed by atoms with van der Waals surface area (Å²) in [5.74, 6) is -0.626. The number of halogens is 4. The molecule has 0 aliphatic carbocycles. The summed E-state index contributed by atoms with van der Waals surface area (Å²) in [6.45, 7) is 0. The van der Waals surface area contributed by atoms with E-state index in [-0.39, 0.29) is 12.2 Å². The largest absolute Gasteiger partial charge is 0.294 e. The van der Waals surface area contributed by atoms with Gasteiger partial charge in [-0.15, -0.1) is 0 Å². The number of Topliss-reactive ketones (excluding diaryl/α,β-unsaturated/α-hetero) is 1. The molecule has 0 fully saturated rings. The van der Waals surface area contributed by atoms with Crippen molar-refractivity contribution in [2.45, 2.75) is 6.42 Å². The van der Waals surface area contributed by atoms with Crippen LogP contribution in [0.5, 0.6) is 0 Å². The number of rotatable bonds is 3. The van der Waals surface area contributed by atoms with E-state index in [2.05, 4.69) is 15.9 Å². The highest BCUT2D eigenvalue weighted by Gasteiger charge is 2.13. The Balaban J connectivity index is 2.28. The Morgan fingerprint density at radius 3 is 2.53 bits per heavy atom. The molecule has 0 saturated heterocycles. The van der Waals surface area contributed by atoms with Crippen molar-refractivity contribution in [2.24, 2.45) is 0 Å². The minimum atomic E-state index is -0.422. The highest BCUT2D eigenvalue weighted by molar-refractivity contribution is 9.10. The van der Waals surface area contributed by atoms with Crippen molar-refractivity contribution in [3.63, 3.8) is 0 Å². The minimum absolute atomic E-state index is 0.0119. The molecule has 2 rings (SSSR count). The van der Waals surface area contributed by atoms with E-state index in [1.807, 2.05) is 0 Å². The maximum absolute atomic E-state index is 13.1. The Morgan fingerprint density at radius 1 is 1.11 bits per heavy atom. The van der Waals surface area contributed by atoms with Crippen LogP contribution in [-0.2, 0) is 6.42 Å². The maximum Gasteiger partial charge on any atom is 0.168 e.